The van der Waals surface area contributed by atoms with Crippen molar-refractivity contribution in [3.05, 3.63) is 0 Å². The molecule has 0 amide bonds. The summed E-state index contributed by atoms with van der Waals surface area (Å²) in [5.41, 5.74) is 0. The van der Waals surface area contributed by atoms with Crippen LogP contribution in [0.15, 0.2) is 0 Å². The molecule has 0 aromatic heterocycles. The fourth-order valence-corrected chi connectivity index (χ4v) is 0.604. The Bertz CT molecular complexity index is 73.2. The van der Waals surface area contributed by atoms with Gasteiger partial charge in [-0.05, 0) is 5.97 Å². The van der Waals surface area contributed by atoms with E-state index >= 15 is 0 Å². The minimum absolute atomic E-state index is 1.14. The lowest BCUT2D eigenvalue weighted by Gasteiger charge is -2.11. The van der Waals surface area contributed by atoms with Crippen LogP contribution < -0.4 is 10.6 Å². The fraction of sp³-hybridized carbons (Fsp3) is 0.800. The Kier molecular flexibility index (Phi) is 7.04. The molecule has 0 aromatic carbocycles. The van der Waals surface area contributed by atoms with Crippen LogP contribution >= 0.6 is 0 Å². The molecule has 1 fully saturated rings. The molecule has 1 rings (SSSR count). The maximum Gasteiger partial charge on any atom is 0.232 e. The number of rotatable bonds is 0. The largest absolute Gasteiger partial charge is 0.314 e. The third-order valence-electron chi connectivity index (χ3n) is 0.957. The smallest absolute Gasteiger partial charge is 0.232 e. The Labute approximate surface area is 56.8 Å². The predicted molar refractivity (Wildman–Crippen MR) is 39.9 cm³/mol. The van der Waals surface area contributed by atoms with Crippen LogP contribution in [0.1, 0.15) is 0 Å². The highest BCUT2D eigenvalue weighted by Crippen LogP contribution is 1.65. The summed E-state index contributed by atoms with van der Waals surface area (Å²) in [6.45, 7) is 4.56. The highest BCUT2D eigenvalue weighted by molar-refractivity contribution is 6.20. The number of nitriles is 1. The molecule has 0 atom stereocenters. The van der Waals surface area contributed by atoms with Gasteiger partial charge in [-0.3, -0.25) is 0 Å². The van der Waals surface area contributed by atoms with Gasteiger partial charge in [0.15, 0.2) is 0 Å². The standard InChI is InChI=1S/C4H10N2.CH2BN/c1-2-6-4-3-5-1;2-1-3/h5-6H,1-4H2;2H2. The Balaban J connectivity index is 0.000000187. The lowest BCUT2D eigenvalue weighted by molar-refractivity contribution is 0.534. The summed E-state index contributed by atoms with van der Waals surface area (Å²) in [5.74, 6) is 1.75. The van der Waals surface area contributed by atoms with Crippen LogP contribution in [-0.2, 0) is 0 Å². The van der Waals surface area contributed by atoms with Crippen molar-refractivity contribution in [1.29, 1.82) is 5.26 Å². The summed E-state index contributed by atoms with van der Waals surface area (Å²) in [5, 5.41) is 13.8. The first-order valence-electron chi connectivity index (χ1n) is 3.14. The van der Waals surface area contributed by atoms with E-state index in [-0.39, 0.29) is 0 Å². The number of hydrogen-bond acceptors (Lipinski definition) is 3. The van der Waals surface area contributed by atoms with Crippen LogP contribution in [0.5, 0.6) is 0 Å². The third-order valence-corrected chi connectivity index (χ3v) is 0.957. The zero-order valence-electron chi connectivity index (χ0n) is 5.78. The van der Waals surface area contributed by atoms with Gasteiger partial charge in [0.25, 0.3) is 0 Å². The van der Waals surface area contributed by atoms with E-state index in [9.17, 15) is 0 Å². The molecule has 4 heteroatoms. The van der Waals surface area contributed by atoms with Crippen LogP contribution in [0.3, 0.4) is 0 Å². The summed E-state index contributed by atoms with van der Waals surface area (Å²) in [4.78, 5) is 0. The molecule has 0 radical (unpaired) electrons. The lowest BCUT2D eigenvalue weighted by atomic mass is 10.2. The van der Waals surface area contributed by atoms with Crippen LogP contribution in [0, 0.1) is 11.2 Å². The van der Waals surface area contributed by atoms with Crippen LogP contribution in [0.4, 0.5) is 0 Å². The monoisotopic (exact) mass is 125 g/mol. The number of nitrogens with one attached hydrogen (secondary N) is 2. The highest BCUT2D eigenvalue weighted by atomic mass is 15.0. The van der Waals surface area contributed by atoms with Gasteiger partial charge in [0, 0.05) is 26.2 Å². The molecule has 2 N–H and O–H groups in total. The Morgan fingerprint density at radius 3 is 1.44 bits per heavy atom. The van der Waals surface area contributed by atoms with Gasteiger partial charge in [-0.2, -0.15) is 0 Å². The van der Waals surface area contributed by atoms with E-state index in [0.717, 1.165) is 26.2 Å². The molecule has 3 nitrogen and oxygen atoms in total. The number of piperazine rings is 1. The predicted octanol–water partition coefficient (Wildman–Crippen LogP) is -1.72. The SMILES string of the molecule is BC#N.C1CNCCN1. The quantitative estimate of drug-likeness (QED) is 0.378. The molecule has 1 saturated heterocycles. The fourth-order valence-electron chi connectivity index (χ4n) is 0.604. The number of nitrogens with zero attached hydrogens (tertiary/aromatic N) is 1. The van der Waals surface area contributed by atoms with Gasteiger partial charge in [0.1, 0.15) is 0 Å². The van der Waals surface area contributed by atoms with Crippen LogP contribution in [-0.4, -0.2) is 34.0 Å². The Morgan fingerprint density at radius 1 is 1.11 bits per heavy atom. The summed E-state index contributed by atoms with van der Waals surface area (Å²) in [6, 6.07) is 0. The van der Waals surface area contributed by atoms with Crippen LogP contribution in [0.2, 0.25) is 0 Å². The molecular formula is C5H12BN3. The normalized spacial score (nSPS) is 16.8. The van der Waals surface area contributed by atoms with Crippen molar-refractivity contribution in [3.63, 3.8) is 0 Å². The first-order valence-corrected chi connectivity index (χ1v) is 3.14. The number of hydrogen-bond donors (Lipinski definition) is 2. The van der Waals surface area contributed by atoms with E-state index in [2.05, 4.69) is 10.6 Å². The summed E-state index contributed by atoms with van der Waals surface area (Å²) < 4.78 is 0. The minimum atomic E-state index is 1.14. The lowest BCUT2D eigenvalue weighted by Crippen LogP contribution is -2.39. The Morgan fingerprint density at radius 2 is 1.33 bits per heavy atom. The first-order chi connectivity index (χ1) is 4.41. The topological polar surface area (TPSA) is 47.9 Å². The van der Waals surface area contributed by atoms with Crippen molar-refractivity contribution >= 4 is 7.85 Å². The molecule has 0 aliphatic carbocycles. The van der Waals surface area contributed by atoms with Gasteiger partial charge in [0.2, 0.25) is 7.85 Å². The van der Waals surface area contributed by atoms with Gasteiger partial charge in [-0.15, -0.1) is 0 Å². The molecule has 0 saturated carbocycles. The zero-order valence-corrected chi connectivity index (χ0v) is 5.78. The third kappa shape index (κ3) is 7.47. The molecule has 9 heavy (non-hydrogen) atoms. The van der Waals surface area contributed by atoms with Crippen molar-refractivity contribution in [2.24, 2.45) is 0 Å². The first kappa shape index (κ1) is 8.47. The van der Waals surface area contributed by atoms with Crippen molar-refractivity contribution in [3.8, 4) is 5.97 Å². The average molecular weight is 125 g/mol. The van der Waals surface area contributed by atoms with E-state index in [4.69, 9.17) is 5.26 Å². The molecule has 1 heterocycles. The van der Waals surface area contributed by atoms with E-state index in [0.29, 0.717) is 0 Å². The van der Waals surface area contributed by atoms with Crippen molar-refractivity contribution in [2.75, 3.05) is 26.2 Å². The molecule has 0 bridgehead atoms. The van der Waals surface area contributed by atoms with Gasteiger partial charge >= 0.3 is 0 Å². The average Bonchev–Trinajstić information content (AvgIpc) is 1.93. The van der Waals surface area contributed by atoms with Gasteiger partial charge in [0.05, 0.1) is 0 Å². The summed E-state index contributed by atoms with van der Waals surface area (Å²) in [7, 11) is 1.43. The van der Waals surface area contributed by atoms with E-state index in [1.807, 2.05) is 0 Å². The van der Waals surface area contributed by atoms with Gasteiger partial charge in [-0.25, -0.2) is 5.26 Å². The minimum Gasteiger partial charge on any atom is -0.314 e. The molecule has 1 aliphatic rings. The second-order valence-electron chi connectivity index (χ2n) is 1.72. The molecular weight excluding hydrogens is 113 g/mol. The van der Waals surface area contributed by atoms with Crippen molar-refractivity contribution in [2.45, 2.75) is 0 Å². The second kappa shape index (κ2) is 7.47. The highest BCUT2D eigenvalue weighted by Gasteiger charge is 1.91. The molecule has 0 aromatic rings. The van der Waals surface area contributed by atoms with E-state index < -0.39 is 0 Å². The molecule has 50 valence electrons. The Hall–Kier alpha value is -0.525. The van der Waals surface area contributed by atoms with Gasteiger partial charge < -0.3 is 10.6 Å². The maximum atomic E-state index is 7.32. The van der Waals surface area contributed by atoms with Gasteiger partial charge in [-0.1, -0.05) is 0 Å². The van der Waals surface area contributed by atoms with E-state index in [1.165, 1.54) is 7.85 Å². The van der Waals surface area contributed by atoms with E-state index in [1.54, 1.807) is 5.97 Å². The maximum absolute atomic E-state index is 7.32. The second-order valence-corrected chi connectivity index (χ2v) is 1.72. The molecule has 0 unspecified atom stereocenters. The molecule has 1 aliphatic heterocycles. The summed E-state index contributed by atoms with van der Waals surface area (Å²) >= 11 is 0. The zero-order chi connectivity index (χ0) is 6.95. The molecule has 0 spiro atoms. The van der Waals surface area contributed by atoms with Crippen molar-refractivity contribution < 1.29 is 0 Å². The van der Waals surface area contributed by atoms with Crippen LogP contribution in [0.25, 0.3) is 0 Å². The van der Waals surface area contributed by atoms with Crippen molar-refractivity contribution in [1.82, 2.24) is 10.6 Å². The summed E-state index contributed by atoms with van der Waals surface area (Å²) in [6.07, 6.45) is 0.